The summed E-state index contributed by atoms with van der Waals surface area (Å²) < 4.78 is 17.7. The number of cyclic esters (lactones) is 1. The number of ether oxygens (including phenoxy) is 3. The van der Waals surface area contributed by atoms with Crippen molar-refractivity contribution < 1.29 is 34.3 Å². The molecule has 3 aliphatic rings. The molecule has 2 fully saturated rings. The maximum absolute atomic E-state index is 11.7. The third kappa shape index (κ3) is 14.2. The molecule has 7 nitrogen and oxygen atoms in total. The van der Waals surface area contributed by atoms with Crippen LogP contribution in [-0.4, -0.2) is 70.1 Å². The number of esters is 1. The number of hydrogen-bond acceptors (Lipinski definition) is 7. The van der Waals surface area contributed by atoms with E-state index in [1.54, 1.807) is 0 Å². The maximum Gasteiger partial charge on any atom is 0.334 e. The van der Waals surface area contributed by atoms with Crippen molar-refractivity contribution in [2.75, 3.05) is 0 Å². The molecule has 8 atom stereocenters. The monoisotopic (exact) mass is 622 g/mol. The lowest BCUT2D eigenvalue weighted by Gasteiger charge is -2.24. The normalized spacial score (nSPS) is 27.4. The number of rotatable bonds is 25. The lowest BCUT2D eigenvalue weighted by molar-refractivity contribution is -0.139. The van der Waals surface area contributed by atoms with E-state index in [2.05, 4.69) is 6.92 Å². The van der Waals surface area contributed by atoms with Gasteiger partial charge in [-0.15, -0.1) is 0 Å². The molecule has 0 saturated carbocycles. The Bertz CT molecular complexity index is 801. The molecule has 3 aliphatic heterocycles. The van der Waals surface area contributed by atoms with Crippen molar-refractivity contribution in [2.24, 2.45) is 0 Å². The minimum atomic E-state index is -0.463. The van der Waals surface area contributed by atoms with Crippen molar-refractivity contribution in [3.8, 4) is 0 Å². The molecule has 3 N–H and O–H groups in total. The van der Waals surface area contributed by atoms with E-state index < -0.39 is 12.2 Å². The van der Waals surface area contributed by atoms with Gasteiger partial charge in [0.05, 0.1) is 42.7 Å². The molecule has 0 radical (unpaired) electrons. The minimum absolute atomic E-state index is 0.0519. The zero-order valence-electron chi connectivity index (χ0n) is 28.1. The van der Waals surface area contributed by atoms with E-state index in [0.717, 1.165) is 77.0 Å². The Morgan fingerprint density at radius 2 is 1.09 bits per heavy atom. The van der Waals surface area contributed by atoms with Crippen LogP contribution in [0.4, 0.5) is 0 Å². The van der Waals surface area contributed by atoms with Gasteiger partial charge in [0.25, 0.3) is 0 Å². The fourth-order valence-electron chi connectivity index (χ4n) is 7.28. The summed E-state index contributed by atoms with van der Waals surface area (Å²) >= 11 is 0. The molecule has 3 rings (SSSR count). The molecule has 44 heavy (non-hydrogen) atoms. The van der Waals surface area contributed by atoms with Crippen LogP contribution in [0.2, 0.25) is 0 Å². The number of aliphatic hydroxyl groups excluding tert-OH is 3. The molecule has 0 aromatic heterocycles. The van der Waals surface area contributed by atoms with Gasteiger partial charge >= 0.3 is 5.97 Å². The summed E-state index contributed by atoms with van der Waals surface area (Å²) in [6.07, 6.45) is 26.1. The predicted octanol–water partition coefficient (Wildman–Crippen LogP) is 7.86. The predicted molar refractivity (Wildman–Crippen MR) is 175 cm³/mol. The summed E-state index contributed by atoms with van der Waals surface area (Å²) in [5.74, 6) is -0.281. The average molecular weight is 623 g/mol. The Morgan fingerprint density at radius 1 is 0.659 bits per heavy atom. The van der Waals surface area contributed by atoms with Crippen LogP contribution in [0.5, 0.6) is 0 Å². The van der Waals surface area contributed by atoms with Gasteiger partial charge in [-0.2, -0.15) is 0 Å². The number of carbonyl (C=O) groups is 1. The van der Waals surface area contributed by atoms with Crippen LogP contribution in [0.25, 0.3) is 0 Å². The van der Waals surface area contributed by atoms with Crippen molar-refractivity contribution in [1.82, 2.24) is 0 Å². The van der Waals surface area contributed by atoms with Gasteiger partial charge in [0, 0.05) is 12.0 Å². The highest BCUT2D eigenvalue weighted by molar-refractivity contribution is 5.90. The Labute approximate surface area is 268 Å². The van der Waals surface area contributed by atoms with Gasteiger partial charge < -0.3 is 29.5 Å². The largest absolute Gasteiger partial charge is 0.455 e. The first-order valence-electron chi connectivity index (χ1n) is 18.6. The van der Waals surface area contributed by atoms with Crippen LogP contribution in [0, 0.1) is 0 Å². The second-order valence-corrected chi connectivity index (χ2v) is 14.0. The van der Waals surface area contributed by atoms with Crippen LogP contribution in [0.15, 0.2) is 11.6 Å². The molecule has 3 heterocycles. The van der Waals surface area contributed by atoms with Crippen molar-refractivity contribution in [1.29, 1.82) is 0 Å². The molecule has 0 aromatic carbocycles. The molecular weight excluding hydrogens is 556 g/mol. The number of hydrogen-bond donors (Lipinski definition) is 3. The summed E-state index contributed by atoms with van der Waals surface area (Å²) in [7, 11) is 0. The van der Waals surface area contributed by atoms with E-state index in [9.17, 15) is 20.1 Å². The topological polar surface area (TPSA) is 105 Å². The summed E-state index contributed by atoms with van der Waals surface area (Å²) in [5.41, 5.74) is 0.617. The van der Waals surface area contributed by atoms with Crippen molar-refractivity contribution in [3.63, 3.8) is 0 Å². The van der Waals surface area contributed by atoms with Crippen molar-refractivity contribution in [3.05, 3.63) is 11.6 Å². The number of aliphatic hydroxyl groups is 3. The summed E-state index contributed by atoms with van der Waals surface area (Å²) in [4.78, 5) is 11.7. The van der Waals surface area contributed by atoms with E-state index in [-0.39, 0.29) is 42.6 Å². The first kappa shape index (κ1) is 37.5. The Kier molecular flexibility index (Phi) is 18.5. The van der Waals surface area contributed by atoms with E-state index in [4.69, 9.17) is 14.2 Å². The molecule has 2 saturated heterocycles. The molecule has 7 heteroatoms. The lowest BCUT2D eigenvalue weighted by atomic mass is 10.00. The Balaban J connectivity index is 1.13. The van der Waals surface area contributed by atoms with Crippen LogP contribution in [0.3, 0.4) is 0 Å². The molecule has 0 amide bonds. The van der Waals surface area contributed by atoms with Crippen molar-refractivity contribution >= 4 is 5.97 Å². The third-order valence-electron chi connectivity index (χ3n) is 10.0. The highest BCUT2D eigenvalue weighted by Gasteiger charge is 2.40. The Hall–Kier alpha value is -0.990. The highest BCUT2D eigenvalue weighted by atomic mass is 16.6. The van der Waals surface area contributed by atoms with Gasteiger partial charge in [-0.3, -0.25) is 0 Å². The SMILES string of the molecule is CCCCCCCCCC[C@@H](O)[C@@H]1CC[C@H]([C@H]2CC[C@@H]([C@@H](O)CCCCCCCCCCC(O)CC3=CC(C)OC3=O)O2)O1. The Morgan fingerprint density at radius 3 is 1.52 bits per heavy atom. The molecule has 0 bridgehead atoms. The fourth-order valence-corrected chi connectivity index (χ4v) is 7.28. The first-order chi connectivity index (χ1) is 21.4. The standard InChI is InChI=1S/C37H66O7/c1-3-4-5-6-7-11-14-17-20-31(39)33-22-24-35(43-33)36-25-23-34(44-36)32(40)21-18-15-12-9-8-10-13-16-19-30(38)27-29-26-28(2)42-37(29)41/h26,28,30-36,38-40H,3-25,27H2,1-2H3/t28?,30?,31-,32+,33+,34+,35-,36-/m1/s1. The number of unbranched alkanes of at least 4 members (excludes halogenated alkanes) is 14. The zero-order valence-corrected chi connectivity index (χ0v) is 28.1. The summed E-state index contributed by atoms with van der Waals surface area (Å²) in [6, 6.07) is 0. The second-order valence-electron chi connectivity index (χ2n) is 14.0. The number of carbonyl (C=O) groups excluding carboxylic acids is 1. The third-order valence-corrected chi connectivity index (χ3v) is 10.0. The van der Waals surface area contributed by atoms with Gasteiger partial charge in [0.1, 0.15) is 6.10 Å². The molecule has 0 aliphatic carbocycles. The van der Waals surface area contributed by atoms with E-state index in [1.807, 2.05) is 13.0 Å². The van der Waals surface area contributed by atoms with Gasteiger partial charge in [0.2, 0.25) is 0 Å². The summed E-state index contributed by atoms with van der Waals surface area (Å²) in [5, 5.41) is 31.6. The van der Waals surface area contributed by atoms with Crippen LogP contribution < -0.4 is 0 Å². The van der Waals surface area contributed by atoms with Crippen molar-refractivity contribution in [2.45, 2.75) is 217 Å². The maximum atomic E-state index is 11.7. The molecule has 0 aromatic rings. The van der Waals surface area contributed by atoms with E-state index in [0.29, 0.717) is 12.0 Å². The van der Waals surface area contributed by atoms with Gasteiger partial charge in [-0.25, -0.2) is 4.79 Å². The smallest absolute Gasteiger partial charge is 0.334 e. The molecular formula is C37H66O7. The van der Waals surface area contributed by atoms with E-state index in [1.165, 1.54) is 70.6 Å². The molecule has 0 spiro atoms. The fraction of sp³-hybridized carbons (Fsp3) is 0.919. The first-order valence-corrected chi connectivity index (χ1v) is 18.6. The van der Waals surface area contributed by atoms with Gasteiger partial charge in [0.15, 0.2) is 0 Å². The molecule has 256 valence electrons. The lowest BCUT2D eigenvalue weighted by Crippen LogP contribution is -2.33. The minimum Gasteiger partial charge on any atom is -0.455 e. The van der Waals surface area contributed by atoms with Gasteiger partial charge in [-0.1, -0.05) is 110 Å². The van der Waals surface area contributed by atoms with Crippen LogP contribution in [0.1, 0.15) is 168 Å². The quantitative estimate of drug-likeness (QED) is 0.0703. The highest BCUT2D eigenvalue weighted by Crippen LogP contribution is 2.34. The summed E-state index contributed by atoms with van der Waals surface area (Å²) in [6.45, 7) is 4.09. The van der Waals surface area contributed by atoms with Crippen LogP contribution >= 0.6 is 0 Å². The van der Waals surface area contributed by atoms with Crippen LogP contribution in [-0.2, 0) is 19.0 Å². The molecule has 2 unspecified atom stereocenters. The van der Waals surface area contributed by atoms with E-state index >= 15 is 0 Å². The second kappa shape index (κ2) is 21.7. The average Bonchev–Trinajstić information content (AvgIpc) is 3.75. The van der Waals surface area contributed by atoms with Gasteiger partial charge in [-0.05, 0) is 57.9 Å². The zero-order chi connectivity index (χ0) is 31.6.